The van der Waals surface area contributed by atoms with Crippen LogP contribution in [0.15, 0.2) is 35.7 Å². The molecule has 302 valence electrons. The number of nitrogens with zero attached hydrogens (tertiary/aromatic N) is 3. The Kier molecular flexibility index (Phi) is 19.0. The van der Waals surface area contributed by atoms with Gasteiger partial charge in [0.1, 0.15) is 29.6 Å². The zero-order valence-electron chi connectivity index (χ0n) is 33.4. The monoisotopic (exact) mass is 773 g/mol. The number of carbonyl (C=O) groups is 4. The van der Waals surface area contributed by atoms with Gasteiger partial charge in [-0.2, -0.15) is 0 Å². The van der Waals surface area contributed by atoms with E-state index in [0.29, 0.717) is 37.4 Å². The Morgan fingerprint density at radius 3 is 2.37 bits per heavy atom. The van der Waals surface area contributed by atoms with E-state index in [9.17, 15) is 24.3 Å². The second-order valence-corrected chi connectivity index (χ2v) is 15.8. The smallest absolute Gasteiger partial charge is 0.306 e. The number of hydrogen-bond donors (Lipinski definition) is 3. The standard InChI is InChI=1S/C40H63N5O8S/c1-9-27(4)35(43-37(47)32-17-13-14-18-44(32)6)39(48)45(19-20-51-7)33(26(2)3)23-34(53-25-52-8)38-42-31(24-54-38)36(46)41-30(21-28(5)40(49)50)22-29-15-11-10-12-16-29/h10-12,15-16,24,26-28,30,32-35H,9,13-14,17-23,25H2,1-8H3,(H,41,46)(H,43,47)(H,49,50). The third kappa shape index (κ3) is 13.4. The summed E-state index contributed by atoms with van der Waals surface area (Å²) in [6.07, 6.45) is 3.93. The van der Waals surface area contributed by atoms with E-state index < -0.39 is 36.0 Å². The van der Waals surface area contributed by atoms with Gasteiger partial charge in [0.2, 0.25) is 11.8 Å². The summed E-state index contributed by atoms with van der Waals surface area (Å²) in [5.74, 6) is -2.42. The van der Waals surface area contributed by atoms with Crippen LogP contribution in [-0.2, 0) is 35.0 Å². The van der Waals surface area contributed by atoms with Crippen molar-refractivity contribution in [2.45, 2.75) is 110 Å². The maximum atomic E-state index is 14.6. The van der Waals surface area contributed by atoms with E-state index in [1.807, 2.05) is 70.0 Å². The number of amides is 3. The third-order valence-electron chi connectivity index (χ3n) is 10.4. The molecule has 1 aromatic heterocycles. The molecule has 3 N–H and O–H groups in total. The molecule has 13 nitrogen and oxygen atoms in total. The summed E-state index contributed by atoms with van der Waals surface area (Å²) in [7, 11) is 5.08. The Morgan fingerprint density at radius 2 is 1.76 bits per heavy atom. The summed E-state index contributed by atoms with van der Waals surface area (Å²) >= 11 is 1.28. The van der Waals surface area contributed by atoms with Gasteiger partial charge >= 0.3 is 5.97 Å². The summed E-state index contributed by atoms with van der Waals surface area (Å²) in [6, 6.07) is 7.85. The quantitative estimate of drug-likeness (QED) is 0.129. The SMILES string of the molecule is CCC(C)C(NC(=O)C1CCCCN1C)C(=O)N(CCOC)C(CC(OCOC)c1nc(C(=O)NC(Cc2ccccc2)CC(C)C(=O)O)cs1)C(C)C. The number of likely N-dealkylation sites (N-methyl/N-ethyl adjacent to an activating group) is 1. The van der Waals surface area contributed by atoms with Crippen molar-refractivity contribution in [1.29, 1.82) is 0 Å². The molecule has 0 saturated carbocycles. The predicted molar refractivity (Wildman–Crippen MR) is 209 cm³/mol. The highest BCUT2D eigenvalue weighted by atomic mass is 32.1. The first-order chi connectivity index (χ1) is 25.8. The van der Waals surface area contributed by atoms with Crippen molar-refractivity contribution in [2.24, 2.45) is 17.8 Å². The van der Waals surface area contributed by atoms with E-state index >= 15 is 0 Å². The largest absolute Gasteiger partial charge is 0.481 e. The first-order valence-corrected chi connectivity index (χ1v) is 20.1. The van der Waals surface area contributed by atoms with E-state index in [4.69, 9.17) is 19.2 Å². The minimum Gasteiger partial charge on any atom is -0.481 e. The van der Waals surface area contributed by atoms with E-state index in [2.05, 4.69) is 15.5 Å². The van der Waals surface area contributed by atoms with Crippen molar-refractivity contribution >= 4 is 35.0 Å². The number of methoxy groups -OCH3 is 2. The van der Waals surface area contributed by atoms with Crippen LogP contribution in [0.25, 0.3) is 0 Å². The molecule has 1 aromatic carbocycles. The molecule has 3 amide bonds. The molecule has 7 unspecified atom stereocenters. The Balaban J connectivity index is 1.88. The lowest BCUT2D eigenvalue weighted by Crippen LogP contribution is -2.59. The Morgan fingerprint density at radius 1 is 1.04 bits per heavy atom. The average molecular weight is 774 g/mol. The fraction of sp³-hybridized carbons (Fsp3) is 0.675. The molecule has 1 aliphatic rings. The van der Waals surface area contributed by atoms with E-state index in [-0.39, 0.29) is 54.6 Å². The van der Waals surface area contributed by atoms with Crippen LogP contribution >= 0.6 is 11.3 Å². The molecule has 0 bridgehead atoms. The number of carbonyl (C=O) groups excluding carboxylic acids is 3. The Labute approximate surface area is 325 Å². The van der Waals surface area contributed by atoms with E-state index in [0.717, 1.165) is 31.4 Å². The van der Waals surface area contributed by atoms with Crippen LogP contribution in [0.3, 0.4) is 0 Å². The number of nitrogens with one attached hydrogen (secondary N) is 2. The number of carboxylic acid groups (broad SMARTS) is 1. The average Bonchev–Trinajstić information content (AvgIpc) is 3.65. The van der Waals surface area contributed by atoms with Gasteiger partial charge in [-0.1, -0.05) is 77.8 Å². The van der Waals surface area contributed by atoms with Gasteiger partial charge in [0.25, 0.3) is 5.91 Å². The number of rotatable bonds is 23. The maximum absolute atomic E-state index is 14.6. The molecular formula is C40H63N5O8S. The lowest BCUT2D eigenvalue weighted by Gasteiger charge is -2.40. The highest BCUT2D eigenvalue weighted by molar-refractivity contribution is 7.09. The van der Waals surface area contributed by atoms with Crippen molar-refractivity contribution in [3.05, 3.63) is 52.0 Å². The molecule has 2 aromatic rings. The molecule has 54 heavy (non-hydrogen) atoms. The molecule has 0 aliphatic carbocycles. The molecule has 7 atom stereocenters. The summed E-state index contributed by atoms with van der Waals surface area (Å²) < 4.78 is 17.0. The molecule has 0 spiro atoms. The van der Waals surface area contributed by atoms with E-state index in [1.54, 1.807) is 19.4 Å². The Bertz CT molecular complexity index is 1460. The molecule has 2 heterocycles. The first-order valence-electron chi connectivity index (χ1n) is 19.2. The van der Waals surface area contributed by atoms with Gasteiger partial charge in [-0.15, -0.1) is 11.3 Å². The second kappa shape index (κ2) is 22.8. The number of piperidine rings is 1. The highest BCUT2D eigenvalue weighted by Crippen LogP contribution is 2.31. The van der Waals surface area contributed by atoms with Crippen molar-refractivity contribution < 1.29 is 38.5 Å². The van der Waals surface area contributed by atoms with Crippen molar-refractivity contribution in [1.82, 2.24) is 25.4 Å². The molecule has 1 saturated heterocycles. The molecular weight excluding hydrogens is 711 g/mol. The minimum absolute atomic E-state index is 0.0186. The molecule has 3 rings (SSSR count). The number of aromatic nitrogens is 1. The normalized spacial score (nSPS) is 18.3. The number of ether oxygens (including phenoxy) is 3. The zero-order chi connectivity index (χ0) is 39.8. The topological polar surface area (TPSA) is 160 Å². The highest BCUT2D eigenvalue weighted by Gasteiger charge is 2.38. The van der Waals surface area contributed by atoms with Crippen molar-refractivity contribution in [3.63, 3.8) is 0 Å². The molecule has 1 fully saturated rings. The second-order valence-electron chi connectivity index (χ2n) is 14.9. The molecule has 14 heteroatoms. The van der Waals surface area contributed by atoms with Crippen LogP contribution in [0.5, 0.6) is 0 Å². The molecule has 0 radical (unpaired) electrons. The van der Waals surface area contributed by atoms with Gasteiger partial charge in [0.05, 0.1) is 18.6 Å². The summed E-state index contributed by atoms with van der Waals surface area (Å²) in [4.78, 5) is 62.2. The van der Waals surface area contributed by atoms with Crippen LogP contribution in [0.2, 0.25) is 0 Å². The van der Waals surface area contributed by atoms with Crippen LogP contribution < -0.4 is 10.6 Å². The fourth-order valence-electron chi connectivity index (χ4n) is 6.93. The van der Waals surface area contributed by atoms with Gasteiger partial charge in [-0.25, -0.2) is 4.98 Å². The number of hydrogen-bond acceptors (Lipinski definition) is 10. The number of benzene rings is 1. The van der Waals surface area contributed by atoms with Gasteiger partial charge < -0.3 is 34.9 Å². The Hall–Kier alpha value is -3.43. The molecule has 1 aliphatic heterocycles. The minimum atomic E-state index is -0.927. The van der Waals surface area contributed by atoms with Crippen LogP contribution in [-0.4, -0.2) is 116 Å². The fourth-order valence-corrected chi connectivity index (χ4v) is 7.79. The number of carboxylic acids is 1. The van der Waals surface area contributed by atoms with Crippen molar-refractivity contribution in [2.75, 3.05) is 47.8 Å². The van der Waals surface area contributed by atoms with Crippen molar-refractivity contribution in [3.8, 4) is 0 Å². The summed E-state index contributed by atoms with van der Waals surface area (Å²) in [6.45, 7) is 11.2. The van der Waals surface area contributed by atoms with Crippen LogP contribution in [0.4, 0.5) is 0 Å². The van der Waals surface area contributed by atoms with Crippen LogP contribution in [0.1, 0.15) is 100 Å². The van der Waals surface area contributed by atoms with Crippen LogP contribution in [0, 0.1) is 17.8 Å². The van der Waals surface area contributed by atoms with Gasteiger partial charge in [0, 0.05) is 44.6 Å². The zero-order valence-corrected chi connectivity index (χ0v) is 34.2. The van der Waals surface area contributed by atoms with Gasteiger partial charge in [-0.3, -0.25) is 24.1 Å². The lowest BCUT2D eigenvalue weighted by molar-refractivity contribution is -0.144. The third-order valence-corrected chi connectivity index (χ3v) is 11.4. The van der Waals surface area contributed by atoms with Gasteiger partial charge in [-0.05, 0) is 56.7 Å². The van der Waals surface area contributed by atoms with Gasteiger partial charge in [0.15, 0.2) is 0 Å². The maximum Gasteiger partial charge on any atom is 0.306 e. The summed E-state index contributed by atoms with van der Waals surface area (Å²) in [5.41, 5.74) is 1.18. The predicted octanol–water partition coefficient (Wildman–Crippen LogP) is 5.16. The number of aliphatic carboxylic acids is 1. The summed E-state index contributed by atoms with van der Waals surface area (Å²) in [5, 5.41) is 18.0. The lowest BCUT2D eigenvalue weighted by atomic mass is 9.92. The van der Waals surface area contributed by atoms with E-state index in [1.165, 1.54) is 18.4 Å². The number of likely N-dealkylation sites (tertiary alicyclic amines) is 1. The number of thiazole rings is 1. The first kappa shape index (κ1) is 45.0.